The SMILES string of the molecule is CCCn1cc(/C(CF)=C(C=NC)\C=C\C(=O)Nc2ccc3c(c2)OCCO3)cn1. The number of alkyl halides is 1. The fraction of sp³-hybridized carbons (Fsp3) is 0.318. The summed E-state index contributed by atoms with van der Waals surface area (Å²) in [5.41, 5.74) is 2.17. The van der Waals surface area contributed by atoms with Gasteiger partial charge in [0.15, 0.2) is 11.5 Å². The van der Waals surface area contributed by atoms with Crippen LogP contribution in [0.25, 0.3) is 5.57 Å². The van der Waals surface area contributed by atoms with E-state index in [1.807, 2.05) is 6.92 Å². The fourth-order valence-corrected chi connectivity index (χ4v) is 3.02. The van der Waals surface area contributed by atoms with Crippen LogP contribution < -0.4 is 14.8 Å². The van der Waals surface area contributed by atoms with Gasteiger partial charge < -0.3 is 14.8 Å². The Kier molecular flexibility index (Phi) is 7.37. The Morgan fingerprint density at radius 3 is 2.83 bits per heavy atom. The molecule has 0 saturated heterocycles. The van der Waals surface area contributed by atoms with Crippen molar-refractivity contribution in [3.63, 3.8) is 0 Å². The lowest BCUT2D eigenvalue weighted by atomic mass is 10.0. The molecule has 1 aliphatic heterocycles. The van der Waals surface area contributed by atoms with E-state index < -0.39 is 6.67 Å². The molecule has 8 heteroatoms. The monoisotopic (exact) mass is 412 g/mol. The Balaban J connectivity index is 1.77. The third-order valence-electron chi connectivity index (χ3n) is 4.41. The number of nitrogens with zero attached hydrogens (tertiary/aromatic N) is 3. The van der Waals surface area contributed by atoms with Crippen LogP contribution in [0.1, 0.15) is 18.9 Å². The fourth-order valence-electron chi connectivity index (χ4n) is 3.02. The summed E-state index contributed by atoms with van der Waals surface area (Å²) in [7, 11) is 1.60. The number of carbonyl (C=O) groups excluding carboxylic acids is 1. The van der Waals surface area contributed by atoms with E-state index in [1.54, 1.807) is 48.4 Å². The molecule has 0 saturated carbocycles. The van der Waals surface area contributed by atoms with Gasteiger partial charge >= 0.3 is 0 Å². The van der Waals surface area contributed by atoms with Crippen LogP contribution in [-0.2, 0) is 11.3 Å². The van der Waals surface area contributed by atoms with Crippen LogP contribution in [0.2, 0.25) is 0 Å². The minimum Gasteiger partial charge on any atom is -0.486 e. The summed E-state index contributed by atoms with van der Waals surface area (Å²) >= 11 is 0. The van der Waals surface area contributed by atoms with Gasteiger partial charge in [-0.25, -0.2) is 4.39 Å². The summed E-state index contributed by atoms with van der Waals surface area (Å²) in [6.07, 6.45) is 8.77. The third-order valence-corrected chi connectivity index (χ3v) is 4.41. The van der Waals surface area contributed by atoms with Crippen molar-refractivity contribution in [3.8, 4) is 11.5 Å². The number of aliphatic imine (C=N–C) groups is 1. The Morgan fingerprint density at radius 1 is 1.30 bits per heavy atom. The van der Waals surface area contributed by atoms with E-state index in [0.29, 0.717) is 47.1 Å². The molecule has 1 amide bonds. The number of fused-ring (bicyclic) bond motifs is 1. The van der Waals surface area contributed by atoms with Crippen molar-refractivity contribution in [1.29, 1.82) is 0 Å². The molecule has 158 valence electrons. The van der Waals surface area contributed by atoms with Gasteiger partial charge in [-0.3, -0.25) is 14.5 Å². The minimum atomic E-state index is -0.701. The topological polar surface area (TPSA) is 77.7 Å². The Labute approximate surface area is 174 Å². The van der Waals surface area contributed by atoms with Gasteiger partial charge in [0.2, 0.25) is 5.91 Å². The lowest BCUT2D eigenvalue weighted by Crippen LogP contribution is -2.16. The number of nitrogens with one attached hydrogen (secondary N) is 1. The van der Waals surface area contributed by atoms with Gasteiger partial charge in [0, 0.05) is 55.0 Å². The maximum absolute atomic E-state index is 13.8. The molecular weight excluding hydrogens is 387 g/mol. The molecule has 1 aromatic heterocycles. The second-order valence-corrected chi connectivity index (χ2v) is 6.63. The summed E-state index contributed by atoms with van der Waals surface area (Å²) in [5, 5.41) is 7.02. The average molecular weight is 412 g/mol. The molecule has 30 heavy (non-hydrogen) atoms. The molecule has 7 nitrogen and oxygen atoms in total. The molecule has 2 aromatic rings. The van der Waals surface area contributed by atoms with Crippen molar-refractivity contribution in [2.24, 2.45) is 4.99 Å². The Hall–Kier alpha value is -3.42. The van der Waals surface area contributed by atoms with E-state index in [1.165, 1.54) is 12.3 Å². The quantitative estimate of drug-likeness (QED) is 0.408. The number of halogens is 1. The summed E-state index contributed by atoms with van der Waals surface area (Å²) in [6.45, 7) is 3.07. The number of allylic oxidation sites excluding steroid dienone is 3. The van der Waals surface area contributed by atoms with Crippen LogP contribution >= 0.6 is 0 Å². The van der Waals surface area contributed by atoms with Gasteiger partial charge in [-0.1, -0.05) is 6.92 Å². The van der Waals surface area contributed by atoms with Crippen molar-refractivity contribution in [2.75, 3.05) is 32.3 Å². The summed E-state index contributed by atoms with van der Waals surface area (Å²) in [6, 6.07) is 5.19. The van der Waals surface area contributed by atoms with Crippen molar-refractivity contribution in [2.45, 2.75) is 19.9 Å². The number of hydrogen-bond donors (Lipinski definition) is 1. The maximum Gasteiger partial charge on any atom is 0.248 e. The molecule has 0 unspecified atom stereocenters. The molecule has 0 fully saturated rings. The number of ether oxygens (including phenoxy) is 2. The van der Waals surface area contributed by atoms with E-state index in [4.69, 9.17) is 9.47 Å². The zero-order valence-electron chi connectivity index (χ0n) is 17.1. The van der Waals surface area contributed by atoms with Crippen molar-refractivity contribution in [1.82, 2.24) is 9.78 Å². The molecule has 3 rings (SSSR count). The summed E-state index contributed by atoms with van der Waals surface area (Å²) < 4.78 is 26.6. The highest BCUT2D eigenvalue weighted by molar-refractivity contribution is 6.02. The lowest BCUT2D eigenvalue weighted by Gasteiger charge is -2.18. The second-order valence-electron chi connectivity index (χ2n) is 6.63. The van der Waals surface area contributed by atoms with Crippen LogP contribution in [-0.4, -0.2) is 48.8 Å². The van der Waals surface area contributed by atoms with E-state index in [-0.39, 0.29) is 5.91 Å². The molecule has 0 radical (unpaired) electrons. The molecule has 0 atom stereocenters. The highest BCUT2D eigenvalue weighted by Crippen LogP contribution is 2.32. The highest BCUT2D eigenvalue weighted by Gasteiger charge is 2.13. The van der Waals surface area contributed by atoms with Crippen LogP contribution in [0.15, 0.2) is 53.3 Å². The molecular formula is C22H25FN4O3. The maximum atomic E-state index is 13.8. The van der Waals surface area contributed by atoms with Crippen LogP contribution in [0.4, 0.5) is 10.1 Å². The number of aryl methyl sites for hydroxylation is 1. The number of hydrogen-bond acceptors (Lipinski definition) is 5. The third kappa shape index (κ3) is 5.34. The smallest absolute Gasteiger partial charge is 0.248 e. The predicted octanol–water partition coefficient (Wildman–Crippen LogP) is 3.68. The largest absolute Gasteiger partial charge is 0.486 e. The summed E-state index contributed by atoms with van der Waals surface area (Å²) in [5.74, 6) is 0.884. The molecule has 0 bridgehead atoms. The molecule has 1 N–H and O–H groups in total. The Bertz CT molecular complexity index is 979. The van der Waals surface area contributed by atoms with Gasteiger partial charge in [-0.15, -0.1) is 0 Å². The molecule has 2 heterocycles. The van der Waals surface area contributed by atoms with Crippen LogP contribution in [0.5, 0.6) is 11.5 Å². The number of carbonyl (C=O) groups is 1. The minimum absolute atomic E-state index is 0.353. The van der Waals surface area contributed by atoms with Gasteiger partial charge in [-0.2, -0.15) is 5.10 Å². The Morgan fingerprint density at radius 2 is 2.10 bits per heavy atom. The lowest BCUT2D eigenvalue weighted by molar-refractivity contribution is -0.111. The van der Waals surface area contributed by atoms with E-state index in [0.717, 1.165) is 13.0 Å². The van der Waals surface area contributed by atoms with Crippen molar-refractivity contribution >= 4 is 23.4 Å². The standard InChI is InChI=1S/C22H25FN4O3/c1-3-8-27-15-17(14-25-27)19(12-23)16(13-24-2)4-7-22(28)26-18-5-6-20-21(11-18)30-10-9-29-20/h4-7,11,13-15H,3,8-10,12H2,1-2H3,(H,26,28)/b7-4+,19-16+,24-13?. The van der Waals surface area contributed by atoms with Gasteiger partial charge in [0.25, 0.3) is 0 Å². The first-order valence-electron chi connectivity index (χ1n) is 9.77. The predicted molar refractivity (Wildman–Crippen MR) is 115 cm³/mol. The first-order chi connectivity index (χ1) is 14.6. The van der Waals surface area contributed by atoms with Crippen molar-refractivity contribution < 1.29 is 18.7 Å². The number of benzene rings is 1. The van der Waals surface area contributed by atoms with Gasteiger partial charge in [0.05, 0.1) is 6.20 Å². The molecule has 0 aliphatic carbocycles. The zero-order valence-corrected chi connectivity index (χ0v) is 17.1. The van der Waals surface area contributed by atoms with Crippen molar-refractivity contribution in [3.05, 3.63) is 53.9 Å². The first-order valence-corrected chi connectivity index (χ1v) is 9.77. The van der Waals surface area contributed by atoms with Gasteiger partial charge in [-0.05, 0) is 30.2 Å². The molecule has 1 aromatic carbocycles. The summed E-state index contributed by atoms with van der Waals surface area (Å²) in [4.78, 5) is 16.4. The van der Waals surface area contributed by atoms with Crippen LogP contribution in [0.3, 0.4) is 0 Å². The average Bonchev–Trinajstić information content (AvgIpc) is 3.21. The normalized spacial score (nSPS) is 14.2. The van der Waals surface area contributed by atoms with E-state index in [9.17, 15) is 9.18 Å². The first kappa shape index (κ1) is 21.3. The molecule has 0 spiro atoms. The highest BCUT2D eigenvalue weighted by atomic mass is 19.1. The van der Waals surface area contributed by atoms with Gasteiger partial charge in [0.1, 0.15) is 19.9 Å². The number of amides is 1. The number of rotatable bonds is 8. The molecule has 1 aliphatic rings. The number of aromatic nitrogens is 2. The zero-order chi connectivity index (χ0) is 21.3. The van der Waals surface area contributed by atoms with E-state index in [2.05, 4.69) is 15.4 Å². The van der Waals surface area contributed by atoms with E-state index >= 15 is 0 Å². The van der Waals surface area contributed by atoms with Crippen LogP contribution in [0, 0.1) is 0 Å². The second kappa shape index (κ2) is 10.4. The number of anilines is 1.